The van der Waals surface area contributed by atoms with E-state index in [0.717, 1.165) is 32.1 Å². The lowest BCUT2D eigenvalue weighted by Gasteiger charge is -2.26. The first-order chi connectivity index (χ1) is 6.83. The zero-order valence-electron chi connectivity index (χ0n) is 9.69. The minimum atomic E-state index is -1.95. The van der Waals surface area contributed by atoms with Crippen molar-refractivity contribution in [3.63, 3.8) is 0 Å². The molecule has 0 unspecified atom stereocenters. The summed E-state index contributed by atoms with van der Waals surface area (Å²) in [5, 5.41) is 0. The summed E-state index contributed by atoms with van der Waals surface area (Å²) < 4.78 is 11.0. The van der Waals surface area contributed by atoms with Gasteiger partial charge in [-0.1, -0.05) is 0 Å². The molecule has 0 fully saturated rings. The lowest BCUT2D eigenvalue weighted by molar-refractivity contribution is 0.188. The van der Waals surface area contributed by atoms with Crippen molar-refractivity contribution in [2.75, 3.05) is 13.2 Å². The molecule has 15 heavy (non-hydrogen) atoms. The fourth-order valence-electron chi connectivity index (χ4n) is 1.44. The molecule has 2 nitrogen and oxygen atoms in total. The van der Waals surface area contributed by atoms with Crippen LogP contribution in [0, 0.1) is 0 Å². The van der Waals surface area contributed by atoms with Gasteiger partial charge in [0, 0.05) is 13.2 Å². The van der Waals surface area contributed by atoms with Gasteiger partial charge in [0.1, 0.15) is 0 Å². The van der Waals surface area contributed by atoms with Gasteiger partial charge in [-0.3, -0.25) is 0 Å². The van der Waals surface area contributed by atoms with Crippen LogP contribution in [-0.4, -0.2) is 25.2 Å². The number of thiol groups is 3. The lowest BCUT2D eigenvalue weighted by atomic mass is 10.4. The van der Waals surface area contributed by atoms with Gasteiger partial charge in [-0.25, -0.2) is 0 Å². The van der Waals surface area contributed by atoms with Gasteiger partial charge in [0.25, 0.3) is 0 Å². The van der Waals surface area contributed by atoms with Crippen molar-refractivity contribution in [3.8, 4) is 0 Å². The number of hydrogen-bond acceptors (Lipinski definition) is 5. The van der Waals surface area contributed by atoms with E-state index in [0.29, 0.717) is 0 Å². The second-order valence-electron chi connectivity index (χ2n) is 3.63. The van der Waals surface area contributed by atoms with Crippen LogP contribution in [0.25, 0.3) is 0 Å². The first kappa shape index (κ1) is 16.2. The maximum atomic E-state index is 5.73. The Kier molecular flexibility index (Phi) is 8.09. The summed E-state index contributed by atoms with van der Waals surface area (Å²) in [6.45, 7) is 7.55. The third-order valence-corrected chi connectivity index (χ3v) is 5.77. The van der Waals surface area contributed by atoms with Crippen molar-refractivity contribution >= 4 is 46.4 Å². The average molecular weight is 287 g/mol. The third-order valence-electron chi connectivity index (χ3n) is 2.04. The van der Waals surface area contributed by atoms with Crippen LogP contribution in [0.15, 0.2) is 0 Å². The molecule has 0 aromatic carbocycles. The third kappa shape index (κ3) is 8.94. The Balaban J connectivity index is 3.95. The summed E-state index contributed by atoms with van der Waals surface area (Å²) >= 11 is 12.8. The minimum Gasteiger partial charge on any atom is -0.395 e. The van der Waals surface area contributed by atoms with E-state index in [9.17, 15) is 0 Å². The second kappa shape index (κ2) is 7.50. The van der Waals surface area contributed by atoms with Crippen LogP contribution in [-0.2, 0) is 8.85 Å². The summed E-state index contributed by atoms with van der Waals surface area (Å²) in [6, 6.07) is 0.970. The largest absolute Gasteiger partial charge is 0.395 e. The fraction of sp³-hybridized carbons (Fsp3) is 1.00. The molecule has 0 radical (unpaired) electrons. The maximum Gasteiger partial charge on any atom is 0.334 e. The molecule has 0 spiro atoms. The van der Waals surface area contributed by atoms with Gasteiger partial charge in [-0.05, 0) is 39.3 Å². The summed E-state index contributed by atoms with van der Waals surface area (Å²) in [6.07, 6.45) is 1.82. The second-order valence-corrected chi connectivity index (χ2v) is 10.3. The van der Waals surface area contributed by atoms with Gasteiger partial charge in [-0.2, -0.15) is 37.9 Å². The zero-order valence-corrected chi connectivity index (χ0v) is 13.4. The van der Waals surface area contributed by atoms with Gasteiger partial charge in [-0.15, -0.1) is 0 Å². The summed E-state index contributed by atoms with van der Waals surface area (Å²) in [5.74, 6) is 0. The highest BCUT2D eigenvalue weighted by atomic mass is 32.2. The van der Waals surface area contributed by atoms with E-state index in [4.69, 9.17) is 8.85 Å². The van der Waals surface area contributed by atoms with Gasteiger partial charge in [0.05, 0.1) is 3.41 Å². The van der Waals surface area contributed by atoms with Crippen LogP contribution in [0.3, 0.4) is 0 Å². The van der Waals surface area contributed by atoms with E-state index < -0.39 is 12.0 Å². The molecule has 0 rings (SSSR count). The summed E-state index contributed by atoms with van der Waals surface area (Å²) in [7, 11) is -1.95. The monoisotopic (exact) mass is 286 g/mol. The Morgan fingerprint density at radius 2 is 1.53 bits per heavy atom. The summed E-state index contributed by atoms with van der Waals surface area (Å²) in [4.78, 5) is 0. The van der Waals surface area contributed by atoms with E-state index in [1.165, 1.54) is 0 Å². The number of rotatable bonds is 8. The van der Waals surface area contributed by atoms with Crippen LogP contribution in [0.5, 0.6) is 0 Å². The molecule has 0 saturated carbocycles. The van der Waals surface area contributed by atoms with Crippen LogP contribution in [0.4, 0.5) is 0 Å². The standard InChI is InChI=1S/C9H22O2S3Si/c1-4-10-15(3,11-5-2)8-6-7-9(12,13)14/h12-14H,4-8H2,1-3H3. The van der Waals surface area contributed by atoms with E-state index in [2.05, 4.69) is 44.4 Å². The maximum absolute atomic E-state index is 5.73. The molecule has 0 aliphatic carbocycles. The zero-order chi connectivity index (χ0) is 11.9. The summed E-state index contributed by atoms with van der Waals surface area (Å²) in [5.41, 5.74) is 0. The molecule has 0 heterocycles. The lowest BCUT2D eigenvalue weighted by Crippen LogP contribution is -2.38. The molecular formula is C9H22O2S3Si. The van der Waals surface area contributed by atoms with E-state index in [1.807, 2.05) is 13.8 Å². The highest BCUT2D eigenvalue weighted by Gasteiger charge is 2.30. The molecule has 0 aromatic rings. The van der Waals surface area contributed by atoms with E-state index >= 15 is 0 Å². The molecule has 0 saturated heterocycles. The molecule has 0 aromatic heterocycles. The Bertz CT molecular complexity index is 167. The topological polar surface area (TPSA) is 18.5 Å². The highest BCUT2D eigenvalue weighted by Crippen LogP contribution is 2.31. The molecule has 0 amide bonds. The van der Waals surface area contributed by atoms with E-state index in [-0.39, 0.29) is 0 Å². The van der Waals surface area contributed by atoms with Gasteiger partial charge in [0.2, 0.25) is 0 Å². The van der Waals surface area contributed by atoms with Crippen LogP contribution >= 0.6 is 37.9 Å². The van der Waals surface area contributed by atoms with Gasteiger partial charge >= 0.3 is 8.56 Å². The molecule has 6 heteroatoms. The molecule has 0 aliphatic heterocycles. The van der Waals surface area contributed by atoms with Crippen LogP contribution < -0.4 is 0 Å². The Morgan fingerprint density at radius 1 is 1.07 bits per heavy atom. The first-order valence-electron chi connectivity index (χ1n) is 5.28. The molecule has 0 atom stereocenters. The molecule has 92 valence electrons. The fourth-order valence-corrected chi connectivity index (χ4v) is 4.33. The van der Waals surface area contributed by atoms with Crippen LogP contribution in [0.2, 0.25) is 12.6 Å². The Hall–Kier alpha value is 1.19. The van der Waals surface area contributed by atoms with E-state index in [1.54, 1.807) is 0 Å². The van der Waals surface area contributed by atoms with Gasteiger partial charge < -0.3 is 8.85 Å². The van der Waals surface area contributed by atoms with Crippen molar-refractivity contribution in [1.82, 2.24) is 0 Å². The normalized spacial score (nSPS) is 13.2. The highest BCUT2D eigenvalue weighted by molar-refractivity contribution is 8.16. The molecule has 0 N–H and O–H groups in total. The van der Waals surface area contributed by atoms with Crippen LogP contribution in [0.1, 0.15) is 26.7 Å². The van der Waals surface area contributed by atoms with Crippen molar-refractivity contribution in [1.29, 1.82) is 0 Å². The number of hydrogen-bond donors (Lipinski definition) is 3. The molecule has 0 bridgehead atoms. The van der Waals surface area contributed by atoms with Crippen molar-refractivity contribution in [2.24, 2.45) is 0 Å². The quantitative estimate of drug-likeness (QED) is 0.361. The SMILES string of the molecule is CCO[Si](C)(CCCC(S)(S)S)OCC. The minimum absolute atomic E-state index is 0.492. The molecular weight excluding hydrogens is 264 g/mol. The average Bonchev–Trinajstić information content (AvgIpc) is 2.01. The Labute approximate surface area is 111 Å². The van der Waals surface area contributed by atoms with Crippen molar-refractivity contribution in [3.05, 3.63) is 0 Å². The predicted molar refractivity (Wildman–Crippen MR) is 78.6 cm³/mol. The Morgan fingerprint density at radius 3 is 1.87 bits per heavy atom. The molecule has 0 aliphatic rings. The van der Waals surface area contributed by atoms with Gasteiger partial charge in [0.15, 0.2) is 0 Å². The smallest absolute Gasteiger partial charge is 0.334 e. The first-order valence-corrected chi connectivity index (χ1v) is 9.14. The predicted octanol–water partition coefficient (Wildman–Crippen LogP) is 3.35. The van der Waals surface area contributed by atoms with Crippen molar-refractivity contribution in [2.45, 2.75) is 42.7 Å². The van der Waals surface area contributed by atoms with Crippen molar-refractivity contribution < 1.29 is 8.85 Å².